The van der Waals surface area contributed by atoms with Crippen LogP contribution in [0.2, 0.25) is 0 Å². The predicted molar refractivity (Wildman–Crippen MR) is 101 cm³/mol. The Hall–Kier alpha value is -3.44. The SMILES string of the molecule is CCOC(=O)c1oc2ccccc2c1COc1ccc(S(N)(=O)=O)cc1[N+](=O)[O-]. The van der Waals surface area contributed by atoms with Gasteiger partial charge in [-0.2, -0.15) is 0 Å². The van der Waals surface area contributed by atoms with Gasteiger partial charge >= 0.3 is 11.7 Å². The van der Waals surface area contributed by atoms with Crippen molar-refractivity contribution in [2.75, 3.05) is 6.61 Å². The molecule has 0 amide bonds. The van der Waals surface area contributed by atoms with Gasteiger partial charge < -0.3 is 13.9 Å². The number of benzene rings is 2. The molecule has 152 valence electrons. The lowest BCUT2D eigenvalue weighted by Gasteiger charge is -2.08. The number of nitrogens with zero attached hydrogens (tertiary/aromatic N) is 1. The molecule has 0 aliphatic heterocycles. The number of para-hydroxylation sites is 1. The number of esters is 1. The molecule has 0 unspecified atom stereocenters. The minimum atomic E-state index is -4.12. The zero-order chi connectivity index (χ0) is 21.2. The zero-order valence-corrected chi connectivity index (χ0v) is 16.0. The zero-order valence-electron chi connectivity index (χ0n) is 15.2. The molecule has 10 nitrogen and oxygen atoms in total. The third-order valence-electron chi connectivity index (χ3n) is 3.99. The number of hydrogen-bond donors (Lipinski definition) is 1. The number of nitro benzene ring substituents is 1. The second-order valence-corrected chi connectivity index (χ2v) is 7.41. The van der Waals surface area contributed by atoms with E-state index in [1.54, 1.807) is 31.2 Å². The molecular formula is C18H16N2O8S. The fourth-order valence-electron chi connectivity index (χ4n) is 2.69. The molecule has 11 heteroatoms. The van der Waals surface area contributed by atoms with E-state index in [4.69, 9.17) is 19.0 Å². The quantitative estimate of drug-likeness (QED) is 0.348. The Kier molecular flexibility index (Phi) is 5.52. The van der Waals surface area contributed by atoms with Gasteiger partial charge in [0.1, 0.15) is 12.2 Å². The summed E-state index contributed by atoms with van der Waals surface area (Å²) < 4.78 is 39.0. The standard InChI is InChI=1S/C18H16N2O8S/c1-2-26-18(21)17-13(12-5-3-4-6-15(12)28-17)10-27-16-8-7-11(29(19,24)25)9-14(16)20(22)23/h3-9H,2,10H2,1H3,(H2,19,24,25). The number of nitro groups is 1. The van der Waals surface area contributed by atoms with Crippen LogP contribution in [0.3, 0.4) is 0 Å². The van der Waals surface area contributed by atoms with E-state index < -0.39 is 31.5 Å². The van der Waals surface area contributed by atoms with Crippen LogP contribution in [0, 0.1) is 10.1 Å². The molecule has 0 radical (unpaired) electrons. The number of fused-ring (bicyclic) bond motifs is 1. The molecule has 0 saturated carbocycles. The Balaban J connectivity index is 2.00. The minimum absolute atomic E-state index is 0.0724. The summed E-state index contributed by atoms with van der Waals surface area (Å²) >= 11 is 0. The fourth-order valence-corrected chi connectivity index (χ4v) is 3.23. The summed E-state index contributed by atoms with van der Waals surface area (Å²) in [4.78, 5) is 22.3. The van der Waals surface area contributed by atoms with Gasteiger partial charge in [-0.3, -0.25) is 10.1 Å². The van der Waals surface area contributed by atoms with Crippen LogP contribution in [0.5, 0.6) is 5.75 Å². The van der Waals surface area contributed by atoms with Crippen molar-refractivity contribution in [2.45, 2.75) is 18.4 Å². The molecule has 0 spiro atoms. The second kappa shape index (κ2) is 7.89. The van der Waals surface area contributed by atoms with Crippen LogP contribution in [0.1, 0.15) is 23.0 Å². The van der Waals surface area contributed by atoms with E-state index in [9.17, 15) is 23.3 Å². The van der Waals surface area contributed by atoms with Gasteiger partial charge in [0, 0.05) is 11.5 Å². The highest BCUT2D eigenvalue weighted by Gasteiger charge is 2.24. The van der Waals surface area contributed by atoms with E-state index in [0.29, 0.717) is 16.5 Å². The fraction of sp³-hybridized carbons (Fsp3) is 0.167. The van der Waals surface area contributed by atoms with Crippen molar-refractivity contribution in [3.8, 4) is 5.75 Å². The van der Waals surface area contributed by atoms with Crippen LogP contribution in [0.15, 0.2) is 51.8 Å². The lowest BCUT2D eigenvalue weighted by molar-refractivity contribution is -0.386. The number of furan rings is 1. The highest BCUT2D eigenvalue weighted by atomic mass is 32.2. The van der Waals surface area contributed by atoms with Crippen LogP contribution >= 0.6 is 0 Å². The second-order valence-electron chi connectivity index (χ2n) is 5.85. The lowest BCUT2D eigenvalue weighted by Crippen LogP contribution is -2.12. The highest BCUT2D eigenvalue weighted by Crippen LogP contribution is 2.32. The van der Waals surface area contributed by atoms with Crippen LogP contribution in [-0.2, 0) is 21.4 Å². The summed E-state index contributed by atoms with van der Waals surface area (Å²) in [5.74, 6) is -0.958. The average Bonchev–Trinajstić information content (AvgIpc) is 3.04. The van der Waals surface area contributed by atoms with Crippen molar-refractivity contribution in [1.82, 2.24) is 0 Å². The predicted octanol–water partition coefficient (Wildman–Crippen LogP) is 2.74. The Morgan fingerprint density at radius 2 is 1.97 bits per heavy atom. The number of primary sulfonamides is 1. The number of sulfonamides is 1. The van der Waals surface area contributed by atoms with Crippen LogP contribution in [0.25, 0.3) is 11.0 Å². The molecular weight excluding hydrogens is 404 g/mol. The first-order valence-corrected chi connectivity index (χ1v) is 9.88. The number of carbonyl (C=O) groups excluding carboxylic acids is 1. The first kappa shape index (κ1) is 20.3. The minimum Gasteiger partial charge on any atom is -0.482 e. The number of rotatable bonds is 7. The first-order chi connectivity index (χ1) is 13.7. The molecule has 0 fully saturated rings. The van der Waals surface area contributed by atoms with Crippen molar-refractivity contribution in [1.29, 1.82) is 0 Å². The van der Waals surface area contributed by atoms with Crippen molar-refractivity contribution < 1.29 is 32.0 Å². The lowest BCUT2D eigenvalue weighted by atomic mass is 10.1. The Morgan fingerprint density at radius 1 is 1.24 bits per heavy atom. The molecule has 0 bridgehead atoms. The Bertz CT molecular complexity index is 1200. The third kappa shape index (κ3) is 4.20. The average molecular weight is 420 g/mol. The van der Waals surface area contributed by atoms with Gasteiger partial charge in [0.15, 0.2) is 5.75 Å². The Morgan fingerprint density at radius 3 is 2.62 bits per heavy atom. The highest BCUT2D eigenvalue weighted by molar-refractivity contribution is 7.89. The molecule has 3 aromatic rings. The van der Waals surface area contributed by atoms with Crippen molar-refractivity contribution in [2.24, 2.45) is 5.14 Å². The normalized spacial score (nSPS) is 11.4. The van der Waals surface area contributed by atoms with Gasteiger partial charge in [0.05, 0.1) is 22.0 Å². The summed E-state index contributed by atoms with van der Waals surface area (Å²) in [5.41, 5.74) is 0.194. The first-order valence-electron chi connectivity index (χ1n) is 8.34. The monoisotopic (exact) mass is 420 g/mol. The van der Waals surface area contributed by atoms with Gasteiger partial charge in [-0.25, -0.2) is 18.4 Å². The maximum absolute atomic E-state index is 12.2. The van der Waals surface area contributed by atoms with Crippen LogP contribution in [-0.4, -0.2) is 25.9 Å². The summed E-state index contributed by atoms with van der Waals surface area (Å²) in [6.45, 7) is 1.53. The number of hydrogen-bond acceptors (Lipinski definition) is 8. The van der Waals surface area contributed by atoms with Crippen LogP contribution in [0.4, 0.5) is 5.69 Å². The van der Waals surface area contributed by atoms with E-state index in [1.165, 1.54) is 0 Å². The van der Waals surface area contributed by atoms with Gasteiger partial charge in [-0.15, -0.1) is 0 Å². The number of carbonyl (C=O) groups is 1. The Labute approximate surface area is 165 Å². The van der Waals surface area contributed by atoms with Gasteiger partial charge in [-0.1, -0.05) is 18.2 Å². The largest absolute Gasteiger partial charge is 0.482 e. The van der Waals surface area contributed by atoms with Gasteiger partial charge in [0.25, 0.3) is 0 Å². The summed E-state index contributed by atoms with van der Waals surface area (Å²) in [7, 11) is -4.12. The smallest absolute Gasteiger partial charge is 0.374 e. The molecule has 0 saturated heterocycles. The third-order valence-corrected chi connectivity index (χ3v) is 4.90. The molecule has 29 heavy (non-hydrogen) atoms. The summed E-state index contributed by atoms with van der Waals surface area (Å²) in [6.07, 6.45) is 0. The van der Waals surface area contributed by atoms with Crippen LogP contribution < -0.4 is 9.88 Å². The van der Waals surface area contributed by atoms with Crippen molar-refractivity contribution in [3.63, 3.8) is 0 Å². The maximum atomic E-state index is 12.2. The molecule has 2 N–H and O–H groups in total. The topological polar surface area (TPSA) is 152 Å². The molecule has 2 aromatic carbocycles. The maximum Gasteiger partial charge on any atom is 0.374 e. The van der Waals surface area contributed by atoms with E-state index in [2.05, 4.69) is 0 Å². The van der Waals surface area contributed by atoms with Crippen molar-refractivity contribution >= 4 is 32.6 Å². The van der Waals surface area contributed by atoms with E-state index in [1.807, 2.05) is 0 Å². The van der Waals surface area contributed by atoms with E-state index >= 15 is 0 Å². The molecule has 1 aromatic heterocycles. The number of nitrogens with two attached hydrogens (primary N) is 1. The molecule has 1 heterocycles. The molecule has 0 atom stereocenters. The van der Waals surface area contributed by atoms with Crippen molar-refractivity contribution in [3.05, 3.63) is 63.9 Å². The van der Waals surface area contributed by atoms with E-state index in [-0.39, 0.29) is 24.7 Å². The molecule has 3 rings (SSSR count). The van der Waals surface area contributed by atoms with Gasteiger partial charge in [-0.05, 0) is 25.1 Å². The molecule has 0 aliphatic rings. The number of ether oxygens (including phenoxy) is 2. The molecule has 0 aliphatic carbocycles. The van der Waals surface area contributed by atoms with Gasteiger partial charge in [0.2, 0.25) is 15.8 Å². The van der Waals surface area contributed by atoms with E-state index in [0.717, 1.165) is 18.2 Å². The summed E-state index contributed by atoms with van der Waals surface area (Å²) in [5, 5.41) is 16.9. The summed E-state index contributed by atoms with van der Waals surface area (Å²) in [6, 6.07) is 9.86.